The van der Waals surface area contributed by atoms with Crippen LogP contribution in [0.2, 0.25) is 0 Å². The summed E-state index contributed by atoms with van der Waals surface area (Å²) in [6.45, 7) is 5.49. The lowest BCUT2D eigenvalue weighted by molar-refractivity contribution is 0.305. The number of hydrogen-bond donors (Lipinski definition) is 1. The molecule has 0 heterocycles. The highest BCUT2D eigenvalue weighted by Gasteiger charge is 2.02. The molecular formula is C17H21NO. The van der Waals surface area contributed by atoms with Gasteiger partial charge in [0, 0.05) is 6.54 Å². The van der Waals surface area contributed by atoms with E-state index in [2.05, 4.69) is 32.0 Å². The van der Waals surface area contributed by atoms with Crippen molar-refractivity contribution in [1.29, 1.82) is 0 Å². The molecule has 0 unspecified atom stereocenters. The van der Waals surface area contributed by atoms with Crippen LogP contribution in [0.4, 0.5) is 0 Å². The summed E-state index contributed by atoms with van der Waals surface area (Å²) in [6.07, 6.45) is 0. The molecule has 2 aromatic rings. The van der Waals surface area contributed by atoms with Crippen LogP contribution in [0.1, 0.15) is 36.5 Å². The fraction of sp³-hybridized carbons (Fsp3) is 0.294. The highest BCUT2D eigenvalue weighted by Crippen LogP contribution is 2.20. The fourth-order valence-corrected chi connectivity index (χ4v) is 2.01. The van der Waals surface area contributed by atoms with Gasteiger partial charge in [0.05, 0.1) is 0 Å². The quantitative estimate of drug-likeness (QED) is 0.880. The first kappa shape index (κ1) is 13.6. The Hall–Kier alpha value is -1.80. The Morgan fingerprint density at radius 3 is 2.16 bits per heavy atom. The average molecular weight is 255 g/mol. The first-order chi connectivity index (χ1) is 9.20. The number of hydrogen-bond acceptors (Lipinski definition) is 2. The minimum atomic E-state index is 0.547. The van der Waals surface area contributed by atoms with Crippen LogP contribution in [-0.4, -0.2) is 0 Å². The molecule has 19 heavy (non-hydrogen) atoms. The van der Waals surface area contributed by atoms with Gasteiger partial charge in [0.2, 0.25) is 0 Å². The minimum absolute atomic E-state index is 0.547. The van der Waals surface area contributed by atoms with Gasteiger partial charge in [-0.25, -0.2) is 0 Å². The van der Waals surface area contributed by atoms with Gasteiger partial charge in [-0.1, -0.05) is 50.2 Å². The second-order valence-electron chi connectivity index (χ2n) is 4.99. The molecule has 0 amide bonds. The molecule has 2 nitrogen and oxygen atoms in total. The van der Waals surface area contributed by atoms with E-state index < -0.39 is 0 Å². The van der Waals surface area contributed by atoms with E-state index in [0.29, 0.717) is 19.1 Å². The third-order valence-corrected chi connectivity index (χ3v) is 3.28. The summed E-state index contributed by atoms with van der Waals surface area (Å²) in [4.78, 5) is 0. The van der Waals surface area contributed by atoms with Crippen molar-refractivity contribution in [2.45, 2.75) is 32.9 Å². The summed E-state index contributed by atoms with van der Waals surface area (Å²) in [5.41, 5.74) is 9.34. The molecule has 0 aromatic heterocycles. The third-order valence-electron chi connectivity index (χ3n) is 3.28. The lowest BCUT2D eigenvalue weighted by Crippen LogP contribution is -2.04. The van der Waals surface area contributed by atoms with Crippen molar-refractivity contribution in [2.75, 3.05) is 0 Å². The maximum Gasteiger partial charge on any atom is 0.119 e. The van der Waals surface area contributed by atoms with Gasteiger partial charge in [-0.2, -0.15) is 0 Å². The molecular weight excluding hydrogens is 234 g/mol. The minimum Gasteiger partial charge on any atom is -0.489 e. The average Bonchev–Trinajstić information content (AvgIpc) is 2.45. The van der Waals surface area contributed by atoms with Gasteiger partial charge in [-0.3, -0.25) is 0 Å². The van der Waals surface area contributed by atoms with E-state index in [0.717, 1.165) is 16.9 Å². The largest absolute Gasteiger partial charge is 0.489 e. The molecule has 2 rings (SSSR count). The molecule has 0 aliphatic carbocycles. The molecule has 0 spiro atoms. The van der Waals surface area contributed by atoms with Crippen LogP contribution >= 0.6 is 0 Å². The van der Waals surface area contributed by atoms with Gasteiger partial charge in [0.15, 0.2) is 0 Å². The Morgan fingerprint density at radius 2 is 1.58 bits per heavy atom. The Balaban J connectivity index is 2.02. The summed E-state index contributed by atoms with van der Waals surface area (Å²) in [5.74, 6) is 1.45. The maximum absolute atomic E-state index is 5.81. The van der Waals surface area contributed by atoms with Crippen molar-refractivity contribution in [3.63, 3.8) is 0 Å². The molecule has 0 aliphatic heterocycles. The van der Waals surface area contributed by atoms with E-state index in [1.807, 2.05) is 30.3 Å². The zero-order chi connectivity index (χ0) is 13.7. The predicted octanol–water partition coefficient (Wildman–Crippen LogP) is 3.85. The molecule has 0 saturated heterocycles. The highest BCUT2D eigenvalue weighted by atomic mass is 16.5. The van der Waals surface area contributed by atoms with Crippen LogP contribution in [0, 0.1) is 0 Å². The van der Waals surface area contributed by atoms with Gasteiger partial charge < -0.3 is 10.5 Å². The number of ether oxygens (including phenoxy) is 1. The first-order valence-corrected chi connectivity index (χ1v) is 6.70. The van der Waals surface area contributed by atoms with Crippen molar-refractivity contribution in [2.24, 2.45) is 5.73 Å². The maximum atomic E-state index is 5.81. The van der Waals surface area contributed by atoms with Crippen LogP contribution in [0.15, 0.2) is 48.5 Å². The van der Waals surface area contributed by atoms with Crippen LogP contribution in [0.25, 0.3) is 0 Å². The smallest absolute Gasteiger partial charge is 0.119 e. The van der Waals surface area contributed by atoms with Gasteiger partial charge in [-0.15, -0.1) is 0 Å². The van der Waals surface area contributed by atoms with E-state index in [-0.39, 0.29) is 0 Å². The predicted molar refractivity (Wildman–Crippen MR) is 79.2 cm³/mol. The van der Waals surface area contributed by atoms with Gasteiger partial charge in [0.25, 0.3) is 0 Å². The van der Waals surface area contributed by atoms with E-state index in [1.165, 1.54) is 5.56 Å². The molecule has 0 atom stereocenters. The molecule has 2 heteroatoms. The van der Waals surface area contributed by atoms with E-state index in [4.69, 9.17) is 10.5 Å². The zero-order valence-corrected chi connectivity index (χ0v) is 11.6. The van der Waals surface area contributed by atoms with Crippen molar-refractivity contribution < 1.29 is 4.74 Å². The topological polar surface area (TPSA) is 35.2 Å². The SMILES string of the molecule is CC(C)c1ccc(OCc2ccccc2CN)cc1. The Kier molecular flexibility index (Phi) is 4.58. The third kappa shape index (κ3) is 3.58. The lowest BCUT2D eigenvalue weighted by Gasteiger charge is -2.11. The molecule has 2 N–H and O–H groups in total. The van der Waals surface area contributed by atoms with E-state index >= 15 is 0 Å². The number of nitrogens with two attached hydrogens (primary N) is 1. The van der Waals surface area contributed by atoms with Crippen molar-refractivity contribution in [3.05, 3.63) is 65.2 Å². The molecule has 2 aromatic carbocycles. The van der Waals surface area contributed by atoms with E-state index in [1.54, 1.807) is 0 Å². The van der Waals surface area contributed by atoms with Crippen LogP contribution in [-0.2, 0) is 13.2 Å². The number of benzene rings is 2. The summed E-state index contributed by atoms with van der Waals surface area (Å²) in [7, 11) is 0. The van der Waals surface area contributed by atoms with E-state index in [9.17, 15) is 0 Å². The molecule has 0 bridgehead atoms. The summed E-state index contributed by atoms with van der Waals surface area (Å²) < 4.78 is 5.81. The summed E-state index contributed by atoms with van der Waals surface area (Å²) in [5, 5.41) is 0. The molecule has 0 aliphatic rings. The Morgan fingerprint density at radius 1 is 0.947 bits per heavy atom. The molecule has 0 saturated carbocycles. The normalized spacial score (nSPS) is 10.7. The standard InChI is InChI=1S/C17H21NO/c1-13(2)14-7-9-17(10-8-14)19-12-16-6-4-3-5-15(16)11-18/h3-10,13H,11-12,18H2,1-2H3. The second kappa shape index (κ2) is 6.39. The summed E-state index contributed by atoms with van der Waals surface area (Å²) >= 11 is 0. The lowest BCUT2D eigenvalue weighted by atomic mass is 10.0. The Labute approximate surface area is 115 Å². The molecule has 0 radical (unpaired) electrons. The Bertz CT molecular complexity index is 517. The monoisotopic (exact) mass is 255 g/mol. The van der Waals surface area contributed by atoms with Crippen molar-refractivity contribution >= 4 is 0 Å². The van der Waals surface area contributed by atoms with Gasteiger partial charge in [-0.05, 0) is 34.7 Å². The first-order valence-electron chi connectivity index (χ1n) is 6.70. The van der Waals surface area contributed by atoms with Gasteiger partial charge >= 0.3 is 0 Å². The van der Waals surface area contributed by atoms with Crippen LogP contribution < -0.4 is 10.5 Å². The number of rotatable bonds is 5. The molecule has 0 fully saturated rings. The second-order valence-corrected chi connectivity index (χ2v) is 4.99. The van der Waals surface area contributed by atoms with Crippen LogP contribution in [0.3, 0.4) is 0 Å². The highest BCUT2D eigenvalue weighted by molar-refractivity contribution is 5.30. The summed E-state index contributed by atoms with van der Waals surface area (Å²) in [6, 6.07) is 16.4. The van der Waals surface area contributed by atoms with Crippen molar-refractivity contribution in [1.82, 2.24) is 0 Å². The zero-order valence-electron chi connectivity index (χ0n) is 11.6. The molecule has 100 valence electrons. The van der Waals surface area contributed by atoms with Crippen LogP contribution in [0.5, 0.6) is 5.75 Å². The van der Waals surface area contributed by atoms with Crippen molar-refractivity contribution in [3.8, 4) is 5.75 Å². The fourth-order valence-electron chi connectivity index (χ4n) is 2.01. The van der Waals surface area contributed by atoms with Gasteiger partial charge in [0.1, 0.15) is 12.4 Å².